The summed E-state index contributed by atoms with van der Waals surface area (Å²) in [7, 11) is 0. The molecule has 4 heteroatoms. The fourth-order valence-corrected chi connectivity index (χ4v) is 3.41. The topological polar surface area (TPSA) is 35.5 Å². The number of aromatic hydroxyl groups is 1. The van der Waals surface area contributed by atoms with Gasteiger partial charge in [-0.25, -0.2) is 0 Å². The first-order chi connectivity index (χ1) is 9.25. The molecule has 1 heterocycles. The number of halogens is 1. The predicted molar refractivity (Wildman–Crippen MR) is 77.6 cm³/mol. The average Bonchev–Trinajstić information content (AvgIpc) is 2.38. The van der Waals surface area contributed by atoms with Crippen molar-refractivity contribution in [3.8, 4) is 5.75 Å². The van der Waals surface area contributed by atoms with Gasteiger partial charge < -0.3 is 10.4 Å². The number of piperazine rings is 1. The molecular weight excluding hydrogens is 260 g/mol. The van der Waals surface area contributed by atoms with Crippen molar-refractivity contribution in [1.29, 1.82) is 0 Å². The second-order valence-corrected chi connectivity index (χ2v) is 6.06. The van der Waals surface area contributed by atoms with E-state index in [1.807, 2.05) is 6.07 Å². The Balaban J connectivity index is 1.90. The van der Waals surface area contributed by atoms with E-state index < -0.39 is 0 Å². The molecular formula is C15H21ClN2O. The summed E-state index contributed by atoms with van der Waals surface area (Å²) in [6, 6.07) is 5.76. The highest BCUT2D eigenvalue weighted by atomic mass is 35.5. The van der Waals surface area contributed by atoms with Crippen molar-refractivity contribution in [3.63, 3.8) is 0 Å². The van der Waals surface area contributed by atoms with E-state index in [1.54, 1.807) is 12.1 Å². The Hall–Kier alpha value is -0.770. The van der Waals surface area contributed by atoms with Crippen molar-refractivity contribution in [2.45, 2.75) is 25.3 Å². The molecule has 0 amide bonds. The quantitative estimate of drug-likeness (QED) is 0.894. The van der Waals surface area contributed by atoms with Gasteiger partial charge in [0, 0.05) is 42.8 Å². The van der Waals surface area contributed by atoms with Crippen LogP contribution in [0.3, 0.4) is 0 Å². The Kier molecular flexibility index (Phi) is 3.96. The van der Waals surface area contributed by atoms with Gasteiger partial charge in [0.2, 0.25) is 0 Å². The molecule has 2 aliphatic rings. The molecule has 0 bridgehead atoms. The molecule has 1 aromatic carbocycles. The molecule has 19 heavy (non-hydrogen) atoms. The van der Waals surface area contributed by atoms with Crippen LogP contribution in [0.1, 0.15) is 30.9 Å². The van der Waals surface area contributed by atoms with Crippen LogP contribution < -0.4 is 5.32 Å². The monoisotopic (exact) mass is 280 g/mol. The van der Waals surface area contributed by atoms with Crippen molar-refractivity contribution >= 4 is 11.6 Å². The molecule has 0 spiro atoms. The van der Waals surface area contributed by atoms with Crippen LogP contribution in [0.2, 0.25) is 5.02 Å². The van der Waals surface area contributed by atoms with Gasteiger partial charge in [-0.2, -0.15) is 0 Å². The first-order valence-electron chi connectivity index (χ1n) is 7.19. The minimum absolute atomic E-state index is 0.328. The third kappa shape index (κ3) is 2.73. The SMILES string of the molecule is Oc1ccc(Cl)cc1[C@H](C1CCC1)N1CCNCC1. The molecule has 3 nitrogen and oxygen atoms in total. The van der Waals surface area contributed by atoms with Gasteiger partial charge in [-0.1, -0.05) is 18.0 Å². The molecule has 1 aromatic rings. The summed E-state index contributed by atoms with van der Waals surface area (Å²) in [5.74, 6) is 1.06. The molecule has 3 rings (SSSR count). The Morgan fingerprint density at radius 1 is 1.26 bits per heavy atom. The van der Waals surface area contributed by atoms with E-state index in [0.717, 1.165) is 31.7 Å². The van der Waals surface area contributed by atoms with Crippen molar-refractivity contribution in [2.24, 2.45) is 5.92 Å². The smallest absolute Gasteiger partial charge is 0.120 e. The van der Waals surface area contributed by atoms with Crippen molar-refractivity contribution < 1.29 is 5.11 Å². The zero-order valence-electron chi connectivity index (χ0n) is 11.1. The van der Waals surface area contributed by atoms with E-state index in [-0.39, 0.29) is 0 Å². The molecule has 1 aliphatic carbocycles. The normalized spacial score (nSPS) is 23.0. The van der Waals surface area contributed by atoms with Crippen LogP contribution in [0.15, 0.2) is 18.2 Å². The summed E-state index contributed by atoms with van der Waals surface area (Å²) < 4.78 is 0. The lowest BCUT2D eigenvalue weighted by Gasteiger charge is -2.43. The van der Waals surface area contributed by atoms with Gasteiger partial charge >= 0.3 is 0 Å². The standard InChI is InChI=1S/C15H21ClN2O/c16-12-4-5-14(19)13(10-12)15(11-2-1-3-11)18-8-6-17-7-9-18/h4-5,10-11,15,17,19H,1-3,6-9H2/t15-/m0/s1. The summed E-state index contributed by atoms with van der Waals surface area (Å²) in [6.07, 6.45) is 3.84. The fraction of sp³-hybridized carbons (Fsp3) is 0.600. The highest BCUT2D eigenvalue weighted by molar-refractivity contribution is 6.30. The number of nitrogens with zero attached hydrogens (tertiary/aromatic N) is 1. The minimum Gasteiger partial charge on any atom is -0.508 e. The third-order valence-electron chi connectivity index (χ3n) is 4.45. The van der Waals surface area contributed by atoms with Crippen molar-refractivity contribution in [1.82, 2.24) is 10.2 Å². The summed E-state index contributed by atoms with van der Waals surface area (Å²) in [6.45, 7) is 4.16. The number of phenolic OH excluding ortho intramolecular Hbond substituents is 1. The number of hydrogen-bond donors (Lipinski definition) is 2. The highest BCUT2D eigenvalue weighted by Crippen LogP contribution is 2.44. The maximum Gasteiger partial charge on any atom is 0.120 e. The van der Waals surface area contributed by atoms with Gasteiger partial charge in [-0.05, 0) is 37.0 Å². The first-order valence-corrected chi connectivity index (χ1v) is 7.56. The largest absolute Gasteiger partial charge is 0.508 e. The lowest BCUT2D eigenvalue weighted by Crippen LogP contribution is -2.47. The molecule has 0 radical (unpaired) electrons. The molecule has 1 saturated heterocycles. The van der Waals surface area contributed by atoms with E-state index in [1.165, 1.54) is 19.3 Å². The summed E-state index contributed by atoms with van der Waals surface area (Å²) in [5.41, 5.74) is 1.01. The molecule has 1 saturated carbocycles. The molecule has 1 aliphatic heterocycles. The number of nitrogens with one attached hydrogen (secondary N) is 1. The van der Waals surface area contributed by atoms with Gasteiger partial charge in [0.1, 0.15) is 5.75 Å². The number of rotatable bonds is 3. The Bertz CT molecular complexity index is 442. The zero-order chi connectivity index (χ0) is 13.2. The Morgan fingerprint density at radius 3 is 2.63 bits per heavy atom. The summed E-state index contributed by atoms with van der Waals surface area (Å²) in [5, 5.41) is 14.3. The predicted octanol–water partition coefficient (Wildman–Crippen LogP) is 2.79. The second kappa shape index (κ2) is 5.70. The maximum atomic E-state index is 10.2. The van der Waals surface area contributed by atoms with Crippen LogP contribution in [-0.2, 0) is 0 Å². The zero-order valence-corrected chi connectivity index (χ0v) is 11.9. The van der Waals surface area contributed by atoms with Crippen LogP contribution in [0.4, 0.5) is 0 Å². The van der Waals surface area contributed by atoms with E-state index >= 15 is 0 Å². The number of benzene rings is 1. The van der Waals surface area contributed by atoms with Gasteiger partial charge in [0.25, 0.3) is 0 Å². The Labute approximate surface area is 119 Å². The van der Waals surface area contributed by atoms with E-state index in [4.69, 9.17) is 11.6 Å². The van der Waals surface area contributed by atoms with Crippen LogP contribution >= 0.6 is 11.6 Å². The molecule has 2 fully saturated rings. The van der Waals surface area contributed by atoms with E-state index in [0.29, 0.717) is 22.7 Å². The van der Waals surface area contributed by atoms with Gasteiger partial charge in [-0.15, -0.1) is 0 Å². The van der Waals surface area contributed by atoms with Crippen LogP contribution in [-0.4, -0.2) is 36.2 Å². The minimum atomic E-state index is 0.328. The van der Waals surface area contributed by atoms with Crippen molar-refractivity contribution in [3.05, 3.63) is 28.8 Å². The lowest BCUT2D eigenvalue weighted by atomic mass is 9.76. The average molecular weight is 281 g/mol. The van der Waals surface area contributed by atoms with Crippen molar-refractivity contribution in [2.75, 3.05) is 26.2 Å². The number of hydrogen-bond acceptors (Lipinski definition) is 3. The van der Waals surface area contributed by atoms with Crippen LogP contribution in [0.25, 0.3) is 0 Å². The van der Waals surface area contributed by atoms with Gasteiger partial charge in [-0.3, -0.25) is 4.90 Å². The Morgan fingerprint density at radius 2 is 2.00 bits per heavy atom. The molecule has 0 aromatic heterocycles. The third-order valence-corrected chi connectivity index (χ3v) is 4.68. The molecule has 1 atom stereocenters. The van der Waals surface area contributed by atoms with Gasteiger partial charge in [0.15, 0.2) is 0 Å². The first kappa shape index (κ1) is 13.2. The summed E-state index contributed by atoms with van der Waals surface area (Å²) in [4.78, 5) is 2.51. The summed E-state index contributed by atoms with van der Waals surface area (Å²) >= 11 is 6.12. The molecule has 104 valence electrons. The van der Waals surface area contributed by atoms with Gasteiger partial charge in [0.05, 0.1) is 0 Å². The molecule has 2 N–H and O–H groups in total. The lowest BCUT2D eigenvalue weighted by molar-refractivity contribution is 0.0819. The molecule has 0 unspecified atom stereocenters. The highest BCUT2D eigenvalue weighted by Gasteiger charge is 2.34. The van der Waals surface area contributed by atoms with E-state index in [9.17, 15) is 5.11 Å². The second-order valence-electron chi connectivity index (χ2n) is 5.62. The maximum absolute atomic E-state index is 10.2. The van der Waals surface area contributed by atoms with Crippen LogP contribution in [0.5, 0.6) is 5.75 Å². The van der Waals surface area contributed by atoms with Crippen LogP contribution in [0, 0.1) is 5.92 Å². The van der Waals surface area contributed by atoms with E-state index in [2.05, 4.69) is 10.2 Å². The fourth-order valence-electron chi connectivity index (χ4n) is 3.23. The number of phenols is 1.